The number of aromatic hydroxyl groups is 1. The Kier molecular flexibility index (Phi) is 7.91. The zero-order valence-corrected chi connectivity index (χ0v) is 20.0. The summed E-state index contributed by atoms with van der Waals surface area (Å²) in [5.41, 5.74) is 5.25. The Bertz CT molecular complexity index is 1290. The first-order valence-corrected chi connectivity index (χ1v) is 12.1. The number of hydrogen-bond donors (Lipinski definition) is 2. The van der Waals surface area contributed by atoms with Crippen molar-refractivity contribution in [3.05, 3.63) is 83.4 Å². The molecule has 0 bridgehead atoms. The molecule has 8 nitrogen and oxygen atoms in total. The van der Waals surface area contributed by atoms with Gasteiger partial charge in [0, 0.05) is 0 Å². The Morgan fingerprint density at radius 1 is 1.06 bits per heavy atom. The van der Waals surface area contributed by atoms with Crippen LogP contribution in [-0.2, 0) is 14.8 Å². The summed E-state index contributed by atoms with van der Waals surface area (Å²) in [4.78, 5) is 12.8. The van der Waals surface area contributed by atoms with Crippen LogP contribution in [0.15, 0.2) is 76.7 Å². The van der Waals surface area contributed by atoms with Gasteiger partial charge in [-0.2, -0.15) is 5.10 Å². The lowest BCUT2D eigenvalue weighted by Gasteiger charge is -2.24. The number of ether oxygens (including phenoxy) is 1. The standard InChI is InChI=1S/C25H27N3O5S/c1-4-33-24-15-20(11-13-23(24)29)16-26-27-25(30)17-28(21-12-10-18(2)19(3)14-21)34(31,32)22-8-6-5-7-9-22/h5-16,29H,4,17H2,1-3H3,(H,27,30)/b26-16-. The molecule has 0 aliphatic rings. The minimum absolute atomic E-state index is 0.00168. The first-order chi connectivity index (χ1) is 16.2. The molecular weight excluding hydrogens is 454 g/mol. The average molecular weight is 482 g/mol. The van der Waals surface area contributed by atoms with Crippen LogP contribution in [0.1, 0.15) is 23.6 Å². The Labute approximate surface area is 199 Å². The Balaban J connectivity index is 1.82. The van der Waals surface area contributed by atoms with Crippen molar-refractivity contribution in [3.8, 4) is 11.5 Å². The summed E-state index contributed by atoms with van der Waals surface area (Å²) < 4.78 is 33.1. The van der Waals surface area contributed by atoms with E-state index in [1.807, 2.05) is 19.9 Å². The summed E-state index contributed by atoms with van der Waals surface area (Å²) in [7, 11) is -4.00. The van der Waals surface area contributed by atoms with Crippen LogP contribution >= 0.6 is 0 Å². The molecule has 3 rings (SSSR count). The summed E-state index contributed by atoms with van der Waals surface area (Å²) in [6, 6.07) is 17.8. The zero-order chi connectivity index (χ0) is 24.7. The second-order valence-electron chi connectivity index (χ2n) is 7.55. The third-order valence-electron chi connectivity index (χ3n) is 5.08. The van der Waals surface area contributed by atoms with E-state index in [0.717, 1.165) is 15.4 Å². The highest BCUT2D eigenvalue weighted by molar-refractivity contribution is 7.92. The zero-order valence-electron chi connectivity index (χ0n) is 19.2. The van der Waals surface area contributed by atoms with Gasteiger partial charge >= 0.3 is 0 Å². The maximum absolute atomic E-state index is 13.4. The fraction of sp³-hybridized carbons (Fsp3) is 0.200. The number of nitrogens with zero attached hydrogens (tertiary/aromatic N) is 2. The number of phenols is 1. The van der Waals surface area contributed by atoms with E-state index < -0.39 is 22.5 Å². The van der Waals surface area contributed by atoms with Crippen molar-refractivity contribution < 1.29 is 23.1 Å². The first kappa shape index (κ1) is 24.8. The molecule has 0 aromatic heterocycles. The lowest BCUT2D eigenvalue weighted by molar-refractivity contribution is -0.119. The number of carbonyl (C=O) groups excluding carboxylic acids is 1. The number of sulfonamides is 1. The van der Waals surface area contributed by atoms with Crippen molar-refractivity contribution in [3.63, 3.8) is 0 Å². The lowest BCUT2D eigenvalue weighted by atomic mass is 10.1. The molecule has 9 heteroatoms. The van der Waals surface area contributed by atoms with E-state index in [4.69, 9.17) is 4.74 Å². The summed E-state index contributed by atoms with van der Waals surface area (Å²) in [5.74, 6) is -0.316. The van der Waals surface area contributed by atoms with Crippen LogP contribution in [0.2, 0.25) is 0 Å². The van der Waals surface area contributed by atoms with Gasteiger partial charge in [-0.25, -0.2) is 13.8 Å². The number of phenolic OH excluding ortho intramolecular Hbond substituents is 1. The Morgan fingerprint density at radius 2 is 1.79 bits per heavy atom. The number of aryl methyl sites for hydroxylation is 2. The second-order valence-corrected chi connectivity index (χ2v) is 9.41. The number of nitrogens with one attached hydrogen (secondary N) is 1. The van der Waals surface area contributed by atoms with Gasteiger partial charge in [0.05, 0.1) is 23.4 Å². The second kappa shape index (κ2) is 10.8. The van der Waals surface area contributed by atoms with Crippen LogP contribution in [0.4, 0.5) is 5.69 Å². The summed E-state index contributed by atoms with van der Waals surface area (Å²) in [5, 5.41) is 13.7. The molecule has 34 heavy (non-hydrogen) atoms. The molecule has 0 radical (unpaired) electrons. The quantitative estimate of drug-likeness (QED) is 0.357. The predicted molar refractivity (Wildman–Crippen MR) is 132 cm³/mol. The van der Waals surface area contributed by atoms with Crippen LogP contribution in [0, 0.1) is 13.8 Å². The molecule has 0 spiro atoms. The van der Waals surface area contributed by atoms with E-state index in [0.29, 0.717) is 23.6 Å². The number of carbonyl (C=O) groups is 1. The number of rotatable bonds is 9. The van der Waals surface area contributed by atoms with Crippen molar-refractivity contribution >= 4 is 27.8 Å². The fourth-order valence-electron chi connectivity index (χ4n) is 3.14. The van der Waals surface area contributed by atoms with Crippen LogP contribution < -0.4 is 14.5 Å². The summed E-state index contributed by atoms with van der Waals surface area (Å²) >= 11 is 0. The maximum Gasteiger partial charge on any atom is 0.264 e. The topological polar surface area (TPSA) is 108 Å². The van der Waals surface area contributed by atoms with E-state index in [-0.39, 0.29) is 10.6 Å². The van der Waals surface area contributed by atoms with E-state index >= 15 is 0 Å². The number of hydrogen-bond acceptors (Lipinski definition) is 6. The van der Waals surface area contributed by atoms with E-state index in [2.05, 4.69) is 10.5 Å². The van der Waals surface area contributed by atoms with Gasteiger partial charge in [0.2, 0.25) is 0 Å². The van der Waals surface area contributed by atoms with E-state index in [1.165, 1.54) is 24.4 Å². The van der Waals surface area contributed by atoms with Gasteiger partial charge in [-0.05, 0) is 79.9 Å². The summed E-state index contributed by atoms with van der Waals surface area (Å²) in [6.45, 7) is 5.53. The maximum atomic E-state index is 13.4. The molecule has 0 atom stereocenters. The molecule has 3 aromatic carbocycles. The summed E-state index contributed by atoms with van der Waals surface area (Å²) in [6.07, 6.45) is 1.38. The van der Waals surface area contributed by atoms with Crippen LogP contribution in [0.3, 0.4) is 0 Å². The van der Waals surface area contributed by atoms with Gasteiger partial charge in [-0.3, -0.25) is 9.10 Å². The number of benzene rings is 3. The number of amides is 1. The van der Waals surface area contributed by atoms with Crippen molar-refractivity contribution in [1.82, 2.24) is 5.43 Å². The lowest BCUT2D eigenvalue weighted by Crippen LogP contribution is -2.39. The van der Waals surface area contributed by atoms with Gasteiger partial charge < -0.3 is 9.84 Å². The molecule has 178 valence electrons. The third-order valence-corrected chi connectivity index (χ3v) is 6.87. The largest absolute Gasteiger partial charge is 0.504 e. The van der Waals surface area contributed by atoms with Crippen molar-refractivity contribution in [2.75, 3.05) is 17.5 Å². The molecule has 0 aliphatic carbocycles. The SMILES string of the molecule is CCOc1cc(/C=N\NC(=O)CN(c2ccc(C)c(C)c2)S(=O)(=O)c2ccccc2)ccc1O. The smallest absolute Gasteiger partial charge is 0.264 e. The third kappa shape index (κ3) is 5.93. The molecule has 0 heterocycles. The number of anilines is 1. The van der Waals surface area contributed by atoms with Gasteiger partial charge in [-0.1, -0.05) is 24.3 Å². The molecule has 3 aromatic rings. The van der Waals surface area contributed by atoms with Gasteiger partial charge in [0.25, 0.3) is 15.9 Å². The number of hydrazone groups is 1. The monoisotopic (exact) mass is 481 g/mol. The molecule has 2 N–H and O–H groups in total. The molecule has 1 amide bonds. The highest BCUT2D eigenvalue weighted by Gasteiger charge is 2.27. The minimum Gasteiger partial charge on any atom is -0.504 e. The fourth-order valence-corrected chi connectivity index (χ4v) is 4.58. The van der Waals surface area contributed by atoms with Gasteiger partial charge in [0.1, 0.15) is 6.54 Å². The van der Waals surface area contributed by atoms with Crippen LogP contribution in [0.25, 0.3) is 0 Å². The van der Waals surface area contributed by atoms with Gasteiger partial charge in [0.15, 0.2) is 11.5 Å². The molecule has 0 aliphatic heterocycles. The predicted octanol–water partition coefficient (Wildman–Crippen LogP) is 3.75. The highest BCUT2D eigenvalue weighted by atomic mass is 32.2. The van der Waals surface area contributed by atoms with Crippen LogP contribution in [-0.4, -0.2) is 38.8 Å². The van der Waals surface area contributed by atoms with Crippen molar-refractivity contribution in [2.24, 2.45) is 5.10 Å². The molecular formula is C25H27N3O5S. The van der Waals surface area contributed by atoms with Crippen LogP contribution in [0.5, 0.6) is 11.5 Å². The van der Waals surface area contributed by atoms with E-state index in [9.17, 15) is 18.3 Å². The Morgan fingerprint density at radius 3 is 2.47 bits per heavy atom. The van der Waals surface area contributed by atoms with Gasteiger partial charge in [-0.15, -0.1) is 0 Å². The van der Waals surface area contributed by atoms with Crippen molar-refractivity contribution in [2.45, 2.75) is 25.7 Å². The Hall–Kier alpha value is -3.85. The normalized spacial score (nSPS) is 11.4. The molecule has 0 saturated heterocycles. The first-order valence-electron chi connectivity index (χ1n) is 10.6. The van der Waals surface area contributed by atoms with Crippen molar-refractivity contribution in [1.29, 1.82) is 0 Å². The molecule has 0 saturated carbocycles. The minimum atomic E-state index is -4.00. The highest BCUT2D eigenvalue weighted by Crippen LogP contribution is 2.27. The molecule has 0 fully saturated rings. The molecule has 0 unspecified atom stereocenters. The average Bonchev–Trinajstić information content (AvgIpc) is 2.82. The van der Waals surface area contributed by atoms with E-state index in [1.54, 1.807) is 49.4 Å².